The fourth-order valence-corrected chi connectivity index (χ4v) is 12.8. The van der Waals surface area contributed by atoms with E-state index in [2.05, 4.69) is 39.1 Å². The summed E-state index contributed by atoms with van der Waals surface area (Å²) in [5.41, 5.74) is 4.34. The van der Waals surface area contributed by atoms with Crippen LogP contribution in [0.15, 0.2) is 182 Å². The summed E-state index contributed by atoms with van der Waals surface area (Å²) in [5, 5.41) is 12.9. The molecule has 82 heavy (non-hydrogen) atoms. The number of anilines is 1. The molecule has 7 aromatic rings. The fourth-order valence-electron chi connectivity index (χ4n) is 12.8. The van der Waals surface area contributed by atoms with Crippen molar-refractivity contribution in [3.63, 3.8) is 0 Å². The molecule has 7 atom stereocenters. The van der Waals surface area contributed by atoms with E-state index in [4.69, 9.17) is 18.9 Å². The number of aliphatic hydroxyl groups excluding tert-OH is 1. The van der Waals surface area contributed by atoms with Crippen LogP contribution in [0.2, 0.25) is 0 Å². The number of piperazine rings is 1. The number of aliphatic hydroxyl groups is 1. The Hall–Kier alpha value is -8.78. The number of morpholine rings is 1. The van der Waals surface area contributed by atoms with Crippen molar-refractivity contribution in [3.05, 3.63) is 226 Å². The Labute approximate surface area is 477 Å². The van der Waals surface area contributed by atoms with Crippen molar-refractivity contribution in [2.24, 2.45) is 5.92 Å². The number of urea groups is 1. The smallest absolute Gasteiger partial charge is 0.329 e. The van der Waals surface area contributed by atoms with Crippen molar-refractivity contribution in [2.45, 2.75) is 55.7 Å². The van der Waals surface area contributed by atoms with Gasteiger partial charge in [0.05, 0.1) is 42.9 Å². The highest BCUT2D eigenvalue weighted by atomic mass is 16.7. The number of cyclic esters (lactones) is 1. The molecule has 15 nitrogen and oxygen atoms in total. The molecule has 3 saturated heterocycles. The lowest BCUT2D eigenvalue weighted by atomic mass is 9.64. The topological polar surface area (TPSA) is 154 Å². The molecule has 7 aromatic carbocycles. The number of hydrogen-bond donors (Lipinski definition) is 2. The second kappa shape index (κ2) is 23.4. The lowest BCUT2D eigenvalue weighted by Gasteiger charge is -2.46. The van der Waals surface area contributed by atoms with E-state index >= 15 is 19.2 Å². The van der Waals surface area contributed by atoms with Crippen LogP contribution in [0.25, 0.3) is 0 Å². The van der Waals surface area contributed by atoms with Crippen LogP contribution in [-0.2, 0) is 37.6 Å². The molecule has 4 amide bonds. The molecule has 0 unspecified atom stereocenters. The van der Waals surface area contributed by atoms with E-state index in [-0.39, 0.29) is 38.8 Å². The van der Waals surface area contributed by atoms with Gasteiger partial charge in [-0.15, -0.1) is 0 Å². The first-order valence-electron chi connectivity index (χ1n) is 28.0. The first kappa shape index (κ1) is 53.8. The molecule has 0 radical (unpaired) electrons. The van der Waals surface area contributed by atoms with Crippen LogP contribution in [0.4, 0.5) is 10.5 Å². The Morgan fingerprint density at radius 1 is 0.744 bits per heavy atom. The number of hydrogen-bond acceptors (Lipinski definition) is 12. The summed E-state index contributed by atoms with van der Waals surface area (Å²) in [6.07, 6.45) is -0.903. The Morgan fingerprint density at radius 2 is 1.41 bits per heavy atom. The average Bonchev–Trinajstić information content (AvgIpc) is 1.71. The van der Waals surface area contributed by atoms with Gasteiger partial charge in [-0.1, -0.05) is 151 Å². The zero-order valence-corrected chi connectivity index (χ0v) is 45.8. The number of ether oxygens (including phenoxy) is 4. The maximum atomic E-state index is 17.1. The molecule has 0 aromatic heterocycles. The van der Waals surface area contributed by atoms with Crippen molar-refractivity contribution in [2.75, 3.05) is 64.7 Å². The summed E-state index contributed by atoms with van der Waals surface area (Å²) in [6, 6.07) is 53.1. The molecule has 3 fully saturated rings. The molecule has 12 rings (SSSR count). The van der Waals surface area contributed by atoms with Crippen molar-refractivity contribution < 1.29 is 43.2 Å². The maximum Gasteiger partial charge on any atom is 0.329 e. The third kappa shape index (κ3) is 10.2. The van der Waals surface area contributed by atoms with E-state index in [1.807, 2.05) is 171 Å². The van der Waals surface area contributed by atoms with Crippen LogP contribution in [0.5, 0.6) is 17.2 Å². The molecule has 0 bridgehead atoms. The van der Waals surface area contributed by atoms with Gasteiger partial charge in [-0.2, -0.15) is 0 Å². The van der Waals surface area contributed by atoms with Gasteiger partial charge in [-0.05, 0) is 95.4 Å². The molecule has 5 aliphatic rings. The third-order valence-corrected chi connectivity index (χ3v) is 16.5. The standard InChI is InChI=1S/C67H64N6O9/c1-45(49-19-9-4-10-20-49)68-66(78)72-55-31-25-46(18-15-33-69(2)42-47-16-7-3-8-17-47)40-54(55)67(65(72)77)58(63(75)71-36-34-70(35-37-71)43-48-26-32-56-57(41-48)81-44-80-56)60-64(76)82-61(51-23-13-6-14-24-51)59(50-21-11-5-12-22-50)73(60)62(67)52-27-29-53(30-28-52)79-39-38-74/h3-14,16-17,19-32,40-41,45,58-62,74H,33-39,42-44H2,1-2H3,(H,68,78)/t45-,58-,59-,60-,61+,62+,67-/m1/s1. The summed E-state index contributed by atoms with van der Waals surface area (Å²) in [7, 11) is 2.00. The third-order valence-electron chi connectivity index (χ3n) is 16.5. The SMILES string of the molecule is C[C@@H](NC(=O)N1C(=O)[C@@]2(c3cc(C#CCN(C)Cc4ccccc4)ccc31)[C@H](c1ccc(OCCO)cc1)N1[C@H](c3ccccc3)[C@H](c3ccccc3)OC(=O)[C@H]1[C@@H]2C(=O)N1CCN(Cc2ccc3c(c2)OCO3)CC1)c1ccccc1. The van der Waals surface area contributed by atoms with Gasteiger partial charge >= 0.3 is 12.0 Å². The Balaban J connectivity index is 1.04. The number of nitrogens with zero attached hydrogens (tertiary/aromatic N) is 5. The lowest BCUT2D eigenvalue weighted by Crippen LogP contribution is -2.59. The summed E-state index contributed by atoms with van der Waals surface area (Å²) < 4.78 is 24.0. The van der Waals surface area contributed by atoms with Crippen LogP contribution in [-0.4, -0.2) is 114 Å². The van der Waals surface area contributed by atoms with E-state index in [1.54, 1.807) is 23.1 Å². The molecule has 416 valence electrons. The van der Waals surface area contributed by atoms with Gasteiger partial charge in [-0.25, -0.2) is 9.69 Å². The number of nitrogens with one attached hydrogen (secondary N) is 1. The highest BCUT2D eigenvalue weighted by molar-refractivity contribution is 6.24. The molecule has 1 spiro atoms. The normalized spacial score (nSPS) is 22.3. The van der Waals surface area contributed by atoms with Gasteiger partial charge in [0.2, 0.25) is 18.6 Å². The predicted molar refractivity (Wildman–Crippen MR) is 308 cm³/mol. The van der Waals surface area contributed by atoms with Crippen molar-refractivity contribution in [1.82, 2.24) is 24.9 Å². The molecule has 0 aliphatic carbocycles. The highest BCUT2D eigenvalue weighted by Gasteiger charge is 2.76. The predicted octanol–water partition coefficient (Wildman–Crippen LogP) is 8.75. The van der Waals surface area contributed by atoms with E-state index < -0.39 is 65.4 Å². The monoisotopic (exact) mass is 1100 g/mol. The molecule has 5 aliphatic heterocycles. The van der Waals surface area contributed by atoms with E-state index in [0.717, 1.165) is 27.8 Å². The van der Waals surface area contributed by atoms with Crippen LogP contribution in [0.1, 0.15) is 75.7 Å². The zero-order valence-electron chi connectivity index (χ0n) is 45.8. The largest absolute Gasteiger partial charge is 0.491 e. The Kier molecular flexibility index (Phi) is 15.3. The second-order valence-electron chi connectivity index (χ2n) is 21.6. The van der Waals surface area contributed by atoms with E-state index in [9.17, 15) is 5.11 Å². The number of fused-ring (bicyclic) bond motifs is 4. The van der Waals surface area contributed by atoms with Gasteiger partial charge in [0.15, 0.2) is 11.5 Å². The summed E-state index contributed by atoms with van der Waals surface area (Å²) in [4.78, 5) is 74.5. The molecular weight excluding hydrogens is 1030 g/mol. The van der Waals surface area contributed by atoms with Crippen LogP contribution in [0.3, 0.4) is 0 Å². The van der Waals surface area contributed by atoms with Gasteiger partial charge in [0.1, 0.15) is 29.9 Å². The number of imide groups is 1. The number of carbonyl (C=O) groups is 4. The lowest BCUT2D eigenvalue weighted by molar-refractivity contribution is -0.179. The number of carbonyl (C=O) groups excluding carboxylic acids is 4. The number of amides is 4. The zero-order chi connectivity index (χ0) is 56.3. The van der Waals surface area contributed by atoms with Crippen molar-refractivity contribution in [3.8, 4) is 29.1 Å². The first-order chi connectivity index (χ1) is 40.1. The minimum atomic E-state index is -1.99. The molecule has 15 heteroatoms. The molecule has 5 heterocycles. The summed E-state index contributed by atoms with van der Waals surface area (Å²) in [5.74, 6) is 5.42. The van der Waals surface area contributed by atoms with Crippen LogP contribution < -0.4 is 24.4 Å². The summed E-state index contributed by atoms with van der Waals surface area (Å²) in [6.45, 7) is 5.12. The number of benzene rings is 7. The maximum absolute atomic E-state index is 17.1. The summed E-state index contributed by atoms with van der Waals surface area (Å²) >= 11 is 0. The molecular formula is C67H64N6O9. The second-order valence-corrected chi connectivity index (χ2v) is 21.6. The van der Waals surface area contributed by atoms with Crippen LogP contribution >= 0.6 is 0 Å². The fraction of sp³-hybridized carbons (Fsp3) is 0.284. The van der Waals surface area contributed by atoms with Gasteiger partial charge in [0.25, 0.3) is 0 Å². The van der Waals surface area contributed by atoms with Gasteiger partial charge in [0, 0.05) is 44.8 Å². The highest BCUT2D eigenvalue weighted by Crippen LogP contribution is 2.66. The molecule has 2 N–H and O–H groups in total. The number of esters is 1. The van der Waals surface area contributed by atoms with Gasteiger partial charge in [-0.3, -0.25) is 29.1 Å². The molecule has 0 saturated carbocycles. The van der Waals surface area contributed by atoms with Crippen LogP contribution in [0, 0.1) is 17.8 Å². The Bertz CT molecular complexity index is 3520. The number of rotatable bonds is 14. The van der Waals surface area contributed by atoms with Gasteiger partial charge < -0.3 is 34.3 Å². The average molecular weight is 1100 g/mol. The van der Waals surface area contributed by atoms with E-state index in [0.29, 0.717) is 66.7 Å². The Morgan fingerprint density at radius 3 is 2.12 bits per heavy atom. The first-order valence-corrected chi connectivity index (χ1v) is 28.0. The van der Waals surface area contributed by atoms with Crippen molar-refractivity contribution >= 4 is 29.5 Å². The minimum Gasteiger partial charge on any atom is -0.491 e. The van der Waals surface area contributed by atoms with E-state index in [1.165, 1.54) is 4.90 Å². The minimum absolute atomic E-state index is 0.0469. The van der Waals surface area contributed by atoms with Crippen molar-refractivity contribution in [1.29, 1.82) is 0 Å². The quantitative estimate of drug-likeness (QED) is 0.0791.